The molecule has 0 aliphatic heterocycles. The quantitative estimate of drug-likeness (QED) is 0.780. The number of benzene rings is 1. The fourth-order valence-corrected chi connectivity index (χ4v) is 3.81. The Balaban J connectivity index is 1.85. The Hall–Kier alpha value is -2.76. The topological polar surface area (TPSA) is 63.7 Å². The predicted molar refractivity (Wildman–Crippen MR) is 108 cm³/mol. The van der Waals surface area contributed by atoms with Crippen molar-refractivity contribution in [2.45, 2.75) is 51.2 Å². The zero-order valence-corrected chi connectivity index (χ0v) is 16.9. The van der Waals surface area contributed by atoms with Crippen molar-refractivity contribution in [1.82, 2.24) is 15.2 Å². The number of nitrogens with zero attached hydrogens (tertiary/aromatic N) is 2. The molecule has 0 radical (unpaired) electrons. The molecule has 1 aliphatic carbocycles. The van der Waals surface area contributed by atoms with Gasteiger partial charge in [-0.25, -0.2) is 4.79 Å². The number of carbonyl (C=O) groups is 1. The smallest absolute Gasteiger partial charge is 0.318 e. The number of methoxy groups -OCH3 is 2. The van der Waals surface area contributed by atoms with Gasteiger partial charge >= 0.3 is 6.03 Å². The van der Waals surface area contributed by atoms with E-state index in [0.717, 1.165) is 36.8 Å². The highest BCUT2D eigenvalue weighted by Crippen LogP contribution is 2.32. The van der Waals surface area contributed by atoms with Crippen molar-refractivity contribution in [2.24, 2.45) is 0 Å². The molecule has 0 atom stereocenters. The standard InChI is InChI=1S/C22H29N3O3/c1-22(11-4-5-12-22)24-21(26)25(15-17-8-7-13-23-14-17)16-18-9-6-10-19(27-2)20(18)28-3/h6-10,13-14H,4-5,11-12,15-16H2,1-3H3,(H,24,26). The Morgan fingerprint density at radius 3 is 2.57 bits per heavy atom. The van der Waals surface area contributed by atoms with Crippen LogP contribution >= 0.6 is 0 Å². The van der Waals surface area contributed by atoms with Gasteiger partial charge in [-0.2, -0.15) is 0 Å². The Labute approximate surface area is 166 Å². The lowest BCUT2D eigenvalue weighted by Crippen LogP contribution is -2.49. The van der Waals surface area contributed by atoms with Crippen LogP contribution in [-0.4, -0.2) is 35.7 Å². The number of hydrogen-bond acceptors (Lipinski definition) is 4. The third-order valence-corrected chi connectivity index (χ3v) is 5.34. The van der Waals surface area contributed by atoms with Gasteiger partial charge in [-0.3, -0.25) is 4.98 Å². The number of carbonyl (C=O) groups excluding carboxylic acids is 1. The van der Waals surface area contributed by atoms with E-state index in [1.165, 1.54) is 0 Å². The summed E-state index contributed by atoms with van der Waals surface area (Å²) in [6, 6.07) is 9.52. The van der Waals surface area contributed by atoms with Gasteiger partial charge in [0.25, 0.3) is 0 Å². The van der Waals surface area contributed by atoms with Crippen molar-refractivity contribution in [1.29, 1.82) is 0 Å². The van der Waals surface area contributed by atoms with Crippen molar-refractivity contribution in [3.05, 3.63) is 53.9 Å². The summed E-state index contributed by atoms with van der Waals surface area (Å²) in [7, 11) is 3.23. The maximum absolute atomic E-state index is 13.2. The summed E-state index contributed by atoms with van der Waals surface area (Å²) < 4.78 is 11.0. The van der Waals surface area contributed by atoms with Crippen LogP contribution in [-0.2, 0) is 13.1 Å². The van der Waals surface area contributed by atoms with Crippen molar-refractivity contribution >= 4 is 6.03 Å². The number of nitrogens with one attached hydrogen (secondary N) is 1. The lowest BCUT2D eigenvalue weighted by atomic mass is 10.0. The maximum Gasteiger partial charge on any atom is 0.318 e. The van der Waals surface area contributed by atoms with E-state index in [1.807, 2.05) is 30.3 Å². The maximum atomic E-state index is 13.2. The summed E-state index contributed by atoms with van der Waals surface area (Å²) in [5, 5.41) is 3.26. The first-order chi connectivity index (χ1) is 13.5. The molecule has 150 valence electrons. The normalized spacial score (nSPS) is 15.1. The predicted octanol–water partition coefficient (Wildman–Crippen LogP) is 4.14. The Morgan fingerprint density at radius 1 is 1.14 bits per heavy atom. The highest BCUT2D eigenvalue weighted by Gasteiger charge is 2.32. The number of hydrogen-bond donors (Lipinski definition) is 1. The van der Waals surface area contributed by atoms with Crippen LogP contribution in [0.5, 0.6) is 11.5 Å². The molecule has 2 amide bonds. The van der Waals surface area contributed by atoms with E-state index in [-0.39, 0.29) is 11.6 Å². The first-order valence-corrected chi connectivity index (χ1v) is 9.70. The highest BCUT2D eigenvalue weighted by molar-refractivity contribution is 5.75. The van der Waals surface area contributed by atoms with Crippen LogP contribution in [0.3, 0.4) is 0 Å². The number of amides is 2. The summed E-state index contributed by atoms with van der Waals surface area (Å²) in [5.41, 5.74) is 1.75. The molecule has 28 heavy (non-hydrogen) atoms. The molecule has 1 fully saturated rings. The average molecular weight is 383 g/mol. The molecule has 6 nitrogen and oxygen atoms in total. The number of pyridine rings is 1. The number of aromatic nitrogens is 1. The van der Waals surface area contributed by atoms with Gasteiger partial charge in [-0.15, -0.1) is 0 Å². The molecule has 1 saturated carbocycles. The summed E-state index contributed by atoms with van der Waals surface area (Å²) in [5.74, 6) is 1.31. The Morgan fingerprint density at radius 2 is 1.93 bits per heavy atom. The second-order valence-corrected chi connectivity index (χ2v) is 7.57. The number of urea groups is 1. The van der Waals surface area contributed by atoms with Crippen molar-refractivity contribution < 1.29 is 14.3 Å². The minimum Gasteiger partial charge on any atom is -0.493 e. The largest absolute Gasteiger partial charge is 0.493 e. The first kappa shape index (κ1) is 20.0. The van der Waals surface area contributed by atoms with Crippen molar-refractivity contribution in [3.8, 4) is 11.5 Å². The summed E-state index contributed by atoms with van der Waals surface area (Å²) in [6.45, 7) is 3.01. The summed E-state index contributed by atoms with van der Waals surface area (Å²) in [6.07, 6.45) is 7.87. The van der Waals surface area contributed by atoms with Gasteiger partial charge in [0.2, 0.25) is 0 Å². The van der Waals surface area contributed by atoms with Gasteiger partial charge in [0.1, 0.15) is 0 Å². The minimum atomic E-state index is -0.136. The van der Waals surface area contributed by atoms with Gasteiger partial charge in [0.05, 0.1) is 20.8 Å². The molecule has 1 aromatic carbocycles. The molecule has 6 heteroatoms. The molecule has 0 bridgehead atoms. The SMILES string of the molecule is COc1cccc(CN(Cc2cccnc2)C(=O)NC2(C)CCCC2)c1OC. The van der Waals surface area contributed by atoms with Gasteiger partial charge in [0, 0.05) is 30.0 Å². The second-order valence-electron chi connectivity index (χ2n) is 7.57. The van der Waals surface area contributed by atoms with Crippen LogP contribution in [0.25, 0.3) is 0 Å². The van der Waals surface area contributed by atoms with Gasteiger partial charge in [-0.1, -0.05) is 31.0 Å². The average Bonchev–Trinajstić information content (AvgIpc) is 3.13. The third kappa shape index (κ3) is 4.74. The zero-order valence-electron chi connectivity index (χ0n) is 16.9. The summed E-state index contributed by atoms with van der Waals surface area (Å²) in [4.78, 5) is 19.2. The lowest BCUT2D eigenvalue weighted by molar-refractivity contribution is 0.178. The monoisotopic (exact) mass is 383 g/mol. The van der Waals surface area contributed by atoms with Crippen molar-refractivity contribution in [2.75, 3.05) is 14.2 Å². The van der Waals surface area contributed by atoms with Crippen LogP contribution in [0.4, 0.5) is 4.79 Å². The van der Waals surface area contributed by atoms with E-state index in [2.05, 4.69) is 17.2 Å². The van der Waals surface area contributed by atoms with E-state index < -0.39 is 0 Å². The third-order valence-electron chi connectivity index (χ3n) is 5.34. The molecule has 3 rings (SSSR count). The molecule has 1 N–H and O–H groups in total. The van der Waals surface area contributed by atoms with Crippen molar-refractivity contribution in [3.63, 3.8) is 0 Å². The molecule has 0 spiro atoms. The number of para-hydroxylation sites is 1. The Kier molecular flexibility index (Phi) is 6.39. The lowest BCUT2D eigenvalue weighted by Gasteiger charge is -2.31. The molecule has 0 saturated heterocycles. The van der Waals surface area contributed by atoms with Crippen LogP contribution < -0.4 is 14.8 Å². The molecule has 0 unspecified atom stereocenters. The van der Waals surface area contributed by atoms with E-state index in [1.54, 1.807) is 31.5 Å². The fraction of sp³-hybridized carbons (Fsp3) is 0.455. The van der Waals surface area contributed by atoms with Crippen LogP contribution in [0.15, 0.2) is 42.7 Å². The first-order valence-electron chi connectivity index (χ1n) is 9.70. The van der Waals surface area contributed by atoms with Gasteiger partial charge in [-0.05, 0) is 37.5 Å². The molecule has 2 aromatic rings. The van der Waals surface area contributed by atoms with Crippen LogP contribution in [0, 0.1) is 0 Å². The fourth-order valence-electron chi connectivity index (χ4n) is 3.81. The molecule has 1 aromatic heterocycles. The van der Waals surface area contributed by atoms with E-state index >= 15 is 0 Å². The number of rotatable bonds is 7. The zero-order chi connectivity index (χ0) is 20.0. The second kappa shape index (κ2) is 8.95. The molecule has 1 aliphatic rings. The molecular weight excluding hydrogens is 354 g/mol. The van der Waals surface area contributed by atoms with E-state index in [4.69, 9.17) is 9.47 Å². The minimum absolute atomic E-state index is 0.0712. The van der Waals surface area contributed by atoms with Crippen LogP contribution in [0.1, 0.15) is 43.7 Å². The highest BCUT2D eigenvalue weighted by atomic mass is 16.5. The van der Waals surface area contributed by atoms with Crippen LogP contribution in [0.2, 0.25) is 0 Å². The van der Waals surface area contributed by atoms with Gasteiger partial charge < -0.3 is 19.7 Å². The molecule has 1 heterocycles. The Bertz CT molecular complexity index is 789. The summed E-state index contributed by atoms with van der Waals surface area (Å²) >= 11 is 0. The van der Waals surface area contributed by atoms with Gasteiger partial charge in [0.15, 0.2) is 11.5 Å². The molecular formula is C22H29N3O3. The number of ether oxygens (including phenoxy) is 2. The van der Waals surface area contributed by atoms with E-state index in [0.29, 0.717) is 24.6 Å². The van der Waals surface area contributed by atoms with E-state index in [9.17, 15) is 4.79 Å².